The quantitative estimate of drug-likeness (QED) is 0.534. The predicted octanol–water partition coefficient (Wildman–Crippen LogP) is 4.74. The maximum absolute atomic E-state index is 12.5. The Kier molecular flexibility index (Phi) is 7.27. The predicted molar refractivity (Wildman–Crippen MR) is 108 cm³/mol. The fraction of sp³-hybridized carbons (Fsp3) is 0.238. The zero-order valence-electron chi connectivity index (χ0n) is 15.5. The summed E-state index contributed by atoms with van der Waals surface area (Å²) < 4.78 is 5.64. The number of nitrogens with zero attached hydrogens (tertiary/aromatic N) is 1. The summed E-state index contributed by atoms with van der Waals surface area (Å²) in [5.74, 6) is 0.237. The van der Waals surface area contributed by atoms with Crippen LogP contribution < -0.4 is 15.4 Å². The van der Waals surface area contributed by atoms with E-state index in [0.29, 0.717) is 23.1 Å². The largest absolute Gasteiger partial charge is 0.494 e. The van der Waals surface area contributed by atoms with E-state index in [-0.39, 0.29) is 11.6 Å². The first kappa shape index (κ1) is 20.3. The first-order chi connectivity index (χ1) is 13.0. The number of carbonyl (C=O) groups is 1. The van der Waals surface area contributed by atoms with E-state index in [0.717, 1.165) is 11.1 Å². The van der Waals surface area contributed by atoms with Crippen LogP contribution in [-0.4, -0.2) is 12.5 Å². The Labute approximate surface area is 164 Å². The SMILES string of the molecule is CCOc1ccc(C)cc1C(C)NC(=O)/C(C#N)=C\Nc1ccccc1Cl. The lowest BCUT2D eigenvalue weighted by Crippen LogP contribution is -2.28. The second-order valence-corrected chi connectivity index (χ2v) is 6.37. The second-order valence-electron chi connectivity index (χ2n) is 5.96. The molecule has 0 spiro atoms. The lowest BCUT2D eigenvalue weighted by molar-refractivity contribution is -0.117. The summed E-state index contributed by atoms with van der Waals surface area (Å²) in [6.45, 7) is 6.26. The highest BCUT2D eigenvalue weighted by Gasteiger charge is 2.17. The van der Waals surface area contributed by atoms with Gasteiger partial charge in [0.25, 0.3) is 5.91 Å². The Balaban J connectivity index is 2.15. The number of carbonyl (C=O) groups excluding carboxylic acids is 1. The van der Waals surface area contributed by atoms with Gasteiger partial charge in [0, 0.05) is 11.8 Å². The number of anilines is 1. The van der Waals surface area contributed by atoms with Crippen molar-refractivity contribution in [3.8, 4) is 11.8 Å². The lowest BCUT2D eigenvalue weighted by atomic mass is 10.0. The number of aryl methyl sites for hydroxylation is 1. The highest BCUT2D eigenvalue weighted by Crippen LogP contribution is 2.27. The maximum Gasteiger partial charge on any atom is 0.263 e. The molecule has 2 N–H and O–H groups in total. The van der Waals surface area contributed by atoms with Crippen molar-refractivity contribution in [2.75, 3.05) is 11.9 Å². The Hall–Kier alpha value is -2.97. The summed E-state index contributed by atoms with van der Waals surface area (Å²) in [5.41, 5.74) is 2.49. The van der Waals surface area contributed by atoms with Crippen LogP contribution in [0.1, 0.15) is 31.0 Å². The van der Waals surface area contributed by atoms with Crippen LogP contribution in [0.5, 0.6) is 5.75 Å². The van der Waals surface area contributed by atoms with Crippen molar-refractivity contribution >= 4 is 23.2 Å². The fourth-order valence-electron chi connectivity index (χ4n) is 2.52. The molecule has 0 aromatic heterocycles. The van der Waals surface area contributed by atoms with Crippen molar-refractivity contribution in [3.63, 3.8) is 0 Å². The monoisotopic (exact) mass is 383 g/mol. The van der Waals surface area contributed by atoms with Gasteiger partial charge in [-0.25, -0.2) is 0 Å². The van der Waals surface area contributed by atoms with Crippen molar-refractivity contribution in [2.45, 2.75) is 26.8 Å². The molecular formula is C21H22ClN3O2. The molecule has 1 amide bonds. The van der Waals surface area contributed by atoms with Crippen LogP contribution in [0.2, 0.25) is 5.02 Å². The molecule has 1 atom stereocenters. The van der Waals surface area contributed by atoms with Crippen molar-refractivity contribution in [1.82, 2.24) is 5.32 Å². The van der Waals surface area contributed by atoms with Crippen LogP contribution in [0.4, 0.5) is 5.69 Å². The highest BCUT2D eigenvalue weighted by molar-refractivity contribution is 6.33. The first-order valence-corrected chi connectivity index (χ1v) is 8.99. The lowest BCUT2D eigenvalue weighted by Gasteiger charge is -2.18. The Morgan fingerprint density at radius 1 is 1.33 bits per heavy atom. The van der Waals surface area contributed by atoms with E-state index in [4.69, 9.17) is 16.3 Å². The molecule has 0 radical (unpaired) electrons. The molecule has 0 saturated carbocycles. The number of benzene rings is 2. The van der Waals surface area contributed by atoms with Gasteiger partial charge in [-0.3, -0.25) is 4.79 Å². The number of amides is 1. The molecule has 0 aliphatic rings. The van der Waals surface area contributed by atoms with E-state index in [2.05, 4.69) is 10.6 Å². The van der Waals surface area contributed by atoms with E-state index in [1.165, 1.54) is 6.20 Å². The molecule has 0 aliphatic carbocycles. The summed E-state index contributed by atoms with van der Waals surface area (Å²) in [4.78, 5) is 12.5. The van der Waals surface area contributed by atoms with Gasteiger partial charge in [0.2, 0.25) is 0 Å². The molecular weight excluding hydrogens is 362 g/mol. The normalized spacial score (nSPS) is 12.0. The van der Waals surface area contributed by atoms with Gasteiger partial charge in [-0.2, -0.15) is 5.26 Å². The van der Waals surface area contributed by atoms with Crippen LogP contribution in [0, 0.1) is 18.3 Å². The van der Waals surface area contributed by atoms with E-state index in [1.54, 1.807) is 18.2 Å². The molecule has 2 rings (SSSR count). The number of nitrogens with one attached hydrogen (secondary N) is 2. The molecule has 6 heteroatoms. The summed E-state index contributed by atoms with van der Waals surface area (Å²) in [6, 6.07) is 14.5. The zero-order chi connectivity index (χ0) is 19.8. The van der Waals surface area contributed by atoms with Crippen LogP contribution in [0.25, 0.3) is 0 Å². The number of hydrogen-bond acceptors (Lipinski definition) is 4. The van der Waals surface area contributed by atoms with Gasteiger partial charge in [-0.05, 0) is 39.0 Å². The molecule has 2 aromatic rings. The van der Waals surface area contributed by atoms with Gasteiger partial charge in [0.1, 0.15) is 17.4 Å². The molecule has 0 saturated heterocycles. The van der Waals surface area contributed by atoms with Gasteiger partial charge in [-0.15, -0.1) is 0 Å². The molecule has 2 aromatic carbocycles. The fourth-order valence-corrected chi connectivity index (χ4v) is 2.71. The Bertz CT molecular complexity index is 887. The molecule has 0 aliphatic heterocycles. The molecule has 140 valence electrons. The zero-order valence-corrected chi connectivity index (χ0v) is 16.3. The molecule has 0 fully saturated rings. The van der Waals surface area contributed by atoms with Crippen LogP contribution in [-0.2, 0) is 4.79 Å². The minimum atomic E-state index is -0.478. The van der Waals surface area contributed by atoms with E-state index < -0.39 is 5.91 Å². The van der Waals surface area contributed by atoms with Gasteiger partial charge in [-0.1, -0.05) is 41.4 Å². The number of para-hydroxylation sites is 1. The van der Waals surface area contributed by atoms with Crippen molar-refractivity contribution < 1.29 is 9.53 Å². The van der Waals surface area contributed by atoms with Crippen LogP contribution in [0.15, 0.2) is 54.2 Å². The average Bonchev–Trinajstić information content (AvgIpc) is 2.65. The minimum Gasteiger partial charge on any atom is -0.494 e. The highest BCUT2D eigenvalue weighted by atomic mass is 35.5. The number of nitriles is 1. The average molecular weight is 384 g/mol. The van der Waals surface area contributed by atoms with E-state index in [9.17, 15) is 10.1 Å². The third-order valence-corrected chi connectivity index (χ3v) is 4.22. The van der Waals surface area contributed by atoms with Gasteiger partial charge in [0.05, 0.1) is 23.4 Å². The molecule has 1 unspecified atom stereocenters. The third-order valence-electron chi connectivity index (χ3n) is 3.89. The first-order valence-electron chi connectivity index (χ1n) is 8.61. The maximum atomic E-state index is 12.5. The van der Waals surface area contributed by atoms with Crippen LogP contribution >= 0.6 is 11.6 Å². The van der Waals surface area contributed by atoms with E-state index >= 15 is 0 Å². The van der Waals surface area contributed by atoms with Crippen molar-refractivity contribution in [3.05, 3.63) is 70.4 Å². The topological polar surface area (TPSA) is 74.1 Å². The van der Waals surface area contributed by atoms with Crippen LogP contribution in [0.3, 0.4) is 0 Å². The third kappa shape index (κ3) is 5.50. The Morgan fingerprint density at radius 2 is 2.07 bits per heavy atom. The smallest absolute Gasteiger partial charge is 0.263 e. The number of hydrogen-bond donors (Lipinski definition) is 2. The Morgan fingerprint density at radius 3 is 2.74 bits per heavy atom. The van der Waals surface area contributed by atoms with Gasteiger partial charge >= 0.3 is 0 Å². The number of halogens is 1. The minimum absolute atomic E-state index is 0.0487. The van der Waals surface area contributed by atoms with Gasteiger partial charge < -0.3 is 15.4 Å². The summed E-state index contributed by atoms with van der Waals surface area (Å²) in [6.07, 6.45) is 1.35. The van der Waals surface area contributed by atoms with E-state index in [1.807, 2.05) is 51.1 Å². The van der Waals surface area contributed by atoms with Gasteiger partial charge in [0.15, 0.2) is 0 Å². The van der Waals surface area contributed by atoms with Crippen molar-refractivity contribution in [2.24, 2.45) is 0 Å². The summed E-state index contributed by atoms with van der Waals surface area (Å²) in [5, 5.41) is 15.6. The molecule has 0 bridgehead atoms. The number of rotatable bonds is 7. The second kappa shape index (κ2) is 9.65. The summed E-state index contributed by atoms with van der Waals surface area (Å²) >= 11 is 6.07. The molecule has 27 heavy (non-hydrogen) atoms. The molecule has 5 nitrogen and oxygen atoms in total. The standard InChI is InChI=1S/C21H22ClN3O2/c1-4-27-20-10-9-14(2)11-17(20)15(3)25-21(26)16(12-23)13-24-19-8-6-5-7-18(19)22/h5-11,13,15,24H,4H2,1-3H3,(H,25,26)/b16-13-. The number of ether oxygens (including phenoxy) is 1. The molecule has 0 heterocycles. The van der Waals surface area contributed by atoms with Crippen molar-refractivity contribution in [1.29, 1.82) is 5.26 Å². The summed E-state index contributed by atoms with van der Waals surface area (Å²) in [7, 11) is 0.